The van der Waals surface area contributed by atoms with Gasteiger partial charge in [-0.1, -0.05) is 0 Å². The van der Waals surface area contributed by atoms with Crippen molar-refractivity contribution in [1.82, 2.24) is 35.1 Å². The summed E-state index contributed by atoms with van der Waals surface area (Å²) in [6.07, 6.45) is 8.67. The number of pyridine rings is 3. The van der Waals surface area contributed by atoms with Crippen LogP contribution in [-0.2, 0) is 4.79 Å². The lowest BCUT2D eigenvalue weighted by Gasteiger charge is -2.06. The van der Waals surface area contributed by atoms with Crippen molar-refractivity contribution in [2.75, 3.05) is 5.32 Å². The van der Waals surface area contributed by atoms with Crippen LogP contribution < -0.4 is 5.32 Å². The molecule has 3 N–H and O–H groups in total. The van der Waals surface area contributed by atoms with Crippen molar-refractivity contribution in [3.63, 3.8) is 0 Å². The zero-order chi connectivity index (χ0) is 24.9. The zero-order valence-corrected chi connectivity index (χ0v) is 19.4. The SMILES string of the molecule is O=C(Nc1cncc(-c2cnc3[nH]nc(-c4nc5c(-c6ccc(F)cc6)nccc5[nH]4)c3c2)c1)C1CC1. The summed E-state index contributed by atoms with van der Waals surface area (Å²) in [6.45, 7) is 0. The summed E-state index contributed by atoms with van der Waals surface area (Å²) >= 11 is 0. The van der Waals surface area contributed by atoms with Crippen LogP contribution >= 0.6 is 0 Å². The number of nitrogens with one attached hydrogen (secondary N) is 3. The van der Waals surface area contributed by atoms with Crippen molar-refractivity contribution in [3.8, 4) is 33.9 Å². The van der Waals surface area contributed by atoms with Gasteiger partial charge in [0, 0.05) is 41.2 Å². The molecular formula is C27H19FN8O. The summed E-state index contributed by atoms with van der Waals surface area (Å²) in [7, 11) is 0. The first-order chi connectivity index (χ1) is 18.1. The van der Waals surface area contributed by atoms with E-state index in [9.17, 15) is 9.18 Å². The van der Waals surface area contributed by atoms with Crippen molar-refractivity contribution in [2.24, 2.45) is 5.92 Å². The number of aromatic nitrogens is 7. The van der Waals surface area contributed by atoms with Crippen LogP contribution in [-0.4, -0.2) is 41.0 Å². The van der Waals surface area contributed by atoms with E-state index in [4.69, 9.17) is 4.98 Å². The number of aromatic amines is 2. The average molecular weight is 491 g/mol. The van der Waals surface area contributed by atoms with Gasteiger partial charge in [-0.2, -0.15) is 5.10 Å². The molecule has 0 radical (unpaired) electrons. The minimum absolute atomic E-state index is 0.0315. The number of hydrogen-bond acceptors (Lipinski definition) is 6. The highest BCUT2D eigenvalue weighted by Gasteiger charge is 2.29. The molecule has 10 heteroatoms. The number of anilines is 1. The molecule has 1 fully saturated rings. The number of carbonyl (C=O) groups excluding carboxylic acids is 1. The van der Waals surface area contributed by atoms with E-state index >= 15 is 0 Å². The molecule has 7 rings (SSSR count). The van der Waals surface area contributed by atoms with Gasteiger partial charge < -0.3 is 10.3 Å². The first-order valence-corrected chi connectivity index (χ1v) is 11.8. The van der Waals surface area contributed by atoms with Gasteiger partial charge in [0.05, 0.1) is 28.5 Å². The van der Waals surface area contributed by atoms with Crippen LogP contribution in [0.4, 0.5) is 10.1 Å². The van der Waals surface area contributed by atoms with E-state index in [2.05, 4.69) is 35.5 Å². The first kappa shape index (κ1) is 21.3. The topological polar surface area (TPSA) is 125 Å². The summed E-state index contributed by atoms with van der Waals surface area (Å²) in [4.78, 5) is 33.6. The Morgan fingerprint density at radius 2 is 1.78 bits per heavy atom. The molecule has 5 heterocycles. The molecule has 1 aliphatic rings. The van der Waals surface area contributed by atoms with Crippen molar-refractivity contribution in [1.29, 1.82) is 0 Å². The zero-order valence-electron chi connectivity index (χ0n) is 19.4. The van der Waals surface area contributed by atoms with E-state index in [1.54, 1.807) is 36.9 Å². The lowest BCUT2D eigenvalue weighted by molar-refractivity contribution is -0.117. The Morgan fingerprint density at radius 3 is 2.62 bits per heavy atom. The lowest BCUT2D eigenvalue weighted by Crippen LogP contribution is -2.13. The number of nitrogens with zero attached hydrogens (tertiary/aromatic N) is 5. The van der Waals surface area contributed by atoms with Crippen LogP contribution in [0.1, 0.15) is 12.8 Å². The molecule has 5 aromatic heterocycles. The molecule has 0 atom stereocenters. The second-order valence-corrected chi connectivity index (χ2v) is 9.07. The molecule has 1 saturated carbocycles. The first-order valence-electron chi connectivity index (χ1n) is 11.8. The second-order valence-electron chi connectivity index (χ2n) is 9.07. The van der Waals surface area contributed by atoms with Crippen LogP contribution in [0, 0.1) is 11.7 Å². The average Bonchev–Trinajstić information content (AvgIpc) is 3.55. The third-order valence-corrected chi connectivity index (χ3v) is 6.45. The molecule has 0 aliphatic heterocycles. The Hall–Kier alpha value is -4.99. The fourth-order valence-corrected chi connectivity index (χ4v) is 4.36. The molecule has 1 aromatic carbocycles. The van der Waals surface area contributed by atoms with E-state index in [0.29, 0.717) is 34.1 Å². The van der Waals surface area contributed by atoms with Crippen LogP contribution in [0.2, 0.25) is 0 Å². The Labute approximate surface area is 209 Å². The fraction of sp³-hybridized carbons (Fsp3) is 0.111. The number of carbonyl (C=O) groups is 1. The van der Waals surface area contributed by atoms with Crippen LogP contribution in [0.25, 0.3) is 56.0 Å². The van der Waals surface area contributed by atoms with Gasteiger partial charge in [-0.3, -0.25) is 19.9 Å². The number of benzene rings is 1. The fourth-order valence-electron chi connectivity index (χ4n) is 4.36. The molecule has 9 nitrogen and oxygen atoms in total. The monoisotopic (exact) mass is 490 g/mol. The molecule has 1 amide bonds. The maximum atomic E-state index is 13.4. The van der Waals surface area contributed by atoms with Crippen molar-refractivity contribution in [3.05, 3.63) is 73.1 Å². The number of H-pyrrole nitrogens is 2. The van der Waals surface area contributed by atoms with Crippen molar-refractivity contribution < 1.29 is 9.18 Å². The summed E-state index contributed by atoms with van der Waals surface area (Å²) in [5.41, 5.74) is 6.38. The number of hydrogen-bond donors (Lipinski definition) is 3. The van der Waals surface area contributed by atoms with Crippen LogP contribution in [0.15, 0.2) is 67.3 Å². The molecule has 1 aliphatic carbocycles. The molecule has 0 bridgehead atoms. The highest BCUT2D eigenvalue weighted by Crippen LogP contribution is 2.33. The largest absolute Gasteiger partial charge is 0.336 e. The normalized spacial score (nSPS) is 13.3. The molecule has 0 spiro atoms. The molecule has 0 saturated heterocycles. The van der Waals surface area contributed by atoms with Crippen molar-refractivity contribution in [2.45, 2.75) is 12.8 Å². The summed E-state index contributed by atoms with van der Waals surface area (Å²) in [6, 6.07) is 11.9. The van der Waals surface area contributed by atoms with Gasteiger partial charge in [0.15, 0.2) is 11.5 Å². The van der Waals surface area contributed by atoms with Gasteiger partial charge in [0.1, 0.15) is 17.0 Å². The van der Waals surface area contributed by atoms with E-state index in [-0.39, 0.29) is 17.6 Å². The number of imidazole rings is 1. The molecule has 37 heavy (non-hydrogen) atoms. The summed E-state index contributed by atoms with van der Waals surface area (Å²) in [5.74, 6) is 0.387. The summed E-state index contributed by atoms with van der Waals surface area (Å²) < 4.78 is 13.4. The smallest absolute Gasteiger partial charge is 0.227 e. The minimum Gasteiger partial charge on any atom is -0.336 e. The van der Waals surface area contributed by atoms with E-state index < -0.39 is 0 Å². The van der Waals surface area contributed by atoms with Crippen molar-refractivity contribution >= 4 is 33.7 Å². The van der Waals surface area contributed by atoms with Gasteiger partial charge in [-0.25, -0.2) is 14.4 Å². The molecular weight excluding hydrogens is 471 g/mol. The highest BCUT2D eigenvalue weighted by atomic mass is 19.1. The third-order valence-electron chi connectivity index (χ3n) is 6.45. The maximum Gasteiger partial charge on any atom is 0.227 e. The Morgan fingerprint density at radius 1 is 0.946 bits per heavy atom. The summed E-state index contributed by atoms with van der Waals surface area (Å²) in [5, 5.41) is 11.2. The number of rotatable bonds is 5. The van der Waals surface area contributed by atoms with Crippen LogP contribution in [0.5, 0.6) is 0 Å². The van der Waals surface area contributed by atoms with Crippen LogP contribution in [0.3, 0.4) is 0 Å². The third kappa shape index (κ3) is 3.88. The molecule has 6 aromatic rings. The Kier molecular flexibility index (Phi) is 4.78. The minimum atomic E-state index is -0.309. The van der Waals surface area contributed by atoms with E-state index in [1.807, 2.05) is 18.2 Å². The highest BCUT2D eigenvalue weighted by molar-refractivity contribution is 5.97. The second kappa shape index (κ2) is 8.30. The van der Waals surface area contributed by atoms with Gasteiger partial charge >= 0.3 is 0 Å². The Bertz CT molecular complexity index is 1800. The molecule has 0 unspecified atom stereocenters. The quantitative estimate of drug-likeness (QED) is 0.308. The number of amides is 1. The standard InChI is InChI=1S/C27H19FN8O/c28-18-5-3-14(4-6-18)22-24-21(7-8-30-22)33-26(34-24)23-20-10-17(12-31-25(20)36-35-23)16-9-19(13-29-11-16)32-27(37)15-1-2-15/h3-13,15H,1-2H2,(H,32,37)(H,33,34)(H,31,35,36). The van der Waals surface area contributed by atoms with Gasteiger partial charge in [0.25, 0.3) is 0 Å². The number of fused-ring (bicyclic) bond motifs is 2. The van der Waals surface area contributed by atoms with Gasteiger partial charge in [-0.05, 0) is 55.3 Å². The maximum absolute atomic E-state index is 13.4. The van der Waals surface area contributed by atoms with Gasteiger partial charge in [0.2, 0.25) is 5.91 Å². The van der Waals surface area contributed by atoms with Gasteiger partial charge in [-0.15, -0.1) is 0 Å². The predicted octanol–water partition coefficient (Wildman–Crippen LogP) is 5.11. The number of halogens is 1. The Balaban J connectivity index is 1.28. The molecule has 180 valence electrons. The lowest BCUT2D eigenvalue weighted by atomic mass is 10.1. The van der Waals surface area contributed by atoms with E-state index in [0.717, 1.165) is 40.4 Å². The predicted molar refractivity (Wildman–Crippen MR) is 137 cm³/mol. The van der Waals surface area contributed by atoms with E-state index in [1.165, 1.54) is 12.1 Å².